The average Bonchev–Trinajstić information content (AvgIpc) is 2.73. The predicted octanol–water partition coefficient (Wildman–Crippen LogP) is 5.00. The highest BCUT2D eigenvalue weighted by Crippen LogP contribution is 2.19. The van der Waals surface area contributed by atoms with Crippen molar-refractivity contribution in [3.05, 3.63) is 102 Å². The third-order valence-electron chi connectivity index (χ3n) is 4.37. The van der Waals surface area contributed by atoms with Crippen molar-refractivity contribution in [2.24, 2.45) is 0 Å². The fourth-order valence-corrected chi connectivity index (χ4v) is 3.00. The lowest BCUT2D eigenvalue weighted by Crippen LogP contribution is -2.14. The van der Waals surface area contributed by atoms with Gasteiger partial charge >= 0.3 is 0 Å². The Labute approximate surface area is 163 Å². The SMILES string of the molecule is O=C(Cc1ccccc1)Nc1cccc(OCc2ccc3ccccc3n2)c1. The second kappa shape index (κ2) is 8.35. The molecule has 138 valence electrons. The average molecular weight is 368 g/mol. The van der Waals surface area contributed by atoms with Crippen LogP contribution in [0.25, 0.3) is 10.9 Å². The van der Waals surface area contributed by atoms with Gasteiger partial charge in [0.25, 0.3) is 0 Å². The summed E-state index contributed by atoms with van der Waals surface area (Å²) in [5, 5.41) is 4.02. The molecule has 4 aromatic rings. The zero-order valence-electron chi connectivity index (χ0n) is 15.3. The lowest BCUT2D eigenvalue weighted by atomic mass is 10.1. The van der Waals surface area contributed by atoms with Crippen molar-refractivity contribution in [3.63, 3.8) is 0 Å². The summed E-state index contributed by atoms with van der Waals surface area (Å²) in [6.45, 7) is 0.367. The van der Waals surface area contributed by atoms with Crippen molar-refractivity contribution in [2.45, 2.75) is 13.0 Å². The summed E-state index contributed by atoms with van der Waals surface area (Å²) in [5.41, 5.74) is 3.50. The van der Waals surface area contributed by atoms with Gasteiger partial charge < -0.3 is 10.1 Å². The molecule has 0 aliphatic carbocycles. The number of fused-ring (bicyclic) bond motifs is 1. The van der Waals surface area contributed by atoms with Crippen LogP contribution in [0.15, 0.2) is 91.0 Å². The summed E-state index contributed by atoms with van der Waals surface area (Å²) in [6, 6.07) is 29.1. The van der Waals surface area contributed by atoms with Crippen LogP contribution in [-0.4, -0.2) is 10.9 Å². The molecule has 1 aromatic heterocycles. The van der Waals surface area contributed by atoms with Gasteiger partial charge in [0.1, 0.15) is 12.4 Å². The Morgan fingerprint density at radius 2 is 1.68 bits per heavy atom. The molecule has 0 unspecified atom stereocenters. The van der Waals surface area contributed by atoms with Crippen LogP contribution in [0.1, 0.15) is 11.3 Å². The van der Waals surface area contributed by atoms with Crippen LogP contribution in [0.2, 0.25) is 0 Å². The first kappa shape index (κ1) is 17.7. The number of carbonyl (C=O) groups is 1. The van der Waals surface area contributed by atoms with Gasteiger partial charge in [0.2, 0.25) is 5.91 Å². The number of ether oxygens (including phenoxy) is 1. The van der Waals surface area contributed by atoms with E-state index in [0.29, 0.717) is 24.5 Å². The molecule has 0 aliphatic heterocycles. The first-order chi connectivity index (χ1) is 13.8. The van der Waals surface area contributed by atoms with Gasteiger partial charge in [-0.2, -0.15) is 0 Å². The van der Waals surface area contributed by atoms with Gasteiger partial charge in [-0.25, -0.2) is 4.98 Å². The maximum absolute atomic E-state index is 12.2. The van der Waals surface area contributed by atoms with Crippen LogP contribution in [0.4, 0.5) is 5.69 Å². The summed E-state index contributed by atoms with van der Waals surface area (Å²) in [6.07, 6.45) is 0.340. The van der Waals surface area contributed by atoms with E-state index in [9.17, 15) is 4.79 Å². The molecule has 0 saturated heterocycles. The molecule has 1 N–H and O–H groups in total. The van der Waals surface area contributed by atoms with E-state index < -0.39 is 0 Å². The van der Waals surface area contributed by atoms with E-state index in [-0.39, 0.29) is 5.91 Å². The standard InChI is InChI=1S/C24H20N2O2/c27-24(15-18-7-2-1-3-8-18)26-20-10-6-11-22(16-20)28-17-21-14-13-19-9-4-5-12-23(19)25-21/h1-14,16H,15,17H2,(H,26,27). The minimum absolute atomic E-state index is 0.0560. The van der Waals surface area contributed by atoms with Gasteiger partial charge in [0.15, 0.2) is 0 Å². The van der Waals surface area contributed by atoms with Gasteiger partial charge in [-0.3, -0.25) is 4.79 Å². The molecule has 0 bridgehead atoms. The molecular formula is C24H20N2O2. The van der Waals surface area contributed by atoms with E-state index in [0.717, 1.165) is 22.2 Å². The van der Waals surface area contributed by atoms with Crippen molar-refractivity contribution in [1.29, 1.82) is 0 Å². The molecule has 0 aliphatic rings. The molecule has 0 saturated carbocycles. The fraction of sp³-hybridized carbons (Fsp3) is 0.0833. The lowest BCUT2D eigenvalue weighted by Gasteiger charge is -2.10. The van der Waals surface area contributed by atoms with Gasteiger partial charge in [-0.1, -0.05) is 60.7 Å². The molecule has 1 amide bonds. The maximum atomic E-state index is 12.2. The van der Waals surface area contributed by atoms with Gasteiger partial charge in [-0.15, -0.1) is 0 Å². The maximum Gasteiger partial charge on any atom is 0.228 e. The van der Waals surface area contributed by atoms with Crippen molar-refractivity contribution >= 4 is 22.5 Å². The zero-order chi connectivity index (χ0) is 19.2. The smallest absolute Gasteiger partial charge is 0.228 e. The largest absolute Gasteiger partial charge is 0.487 e. The number of para-hydroxylation sites is 1. The second-order valence-electron chi connectivity index (χ2n) is 6.52. The van der Waals surface area contributed by atoms with Crippen molar-refractivity contribution in [1.82, 2.24) is 4.98 Å². The predicted molar refractivity (Wildman–Crippen MR) is 111 cm³/mol. The van der Waals surface area contributed by atoms with Crippen LogP contribution in [0.5, 0.6) is 5.75 Å². The summed E-state index contributed by atoms with van der Waals surface area (Å²) >= 11 is 0. The van der Waals surface area contributed by atoms with Crippen molar-refractivity contribution in [3.8, 4) is 5.75 Å². The van der Waals surface area contributed by atoms with E-state index in [1.807, 2.05) is 91.0 Å². The zero-order valence-corrected chi connectivity index (χ0v) is 15.3. The molecule has 4 nitrogen and oxygen atoms in total. The molecule has 0 radical (unpaired) electrons. The Hall–Kier alpha value is -3.66. The molecule has 28 heavy (non-hydrogen) atoms. The highest BCUT2D eigenvalue weighted by Gasteiger charge is 2.05. The third kappa shape index (κ3) is 4.54. The third-order valence-corrected chi connectivity index (χ3v) is 4.37. The summed E-state index contributed by atoms with van der Waals surface area (Å²) in [7, 11) is 0. The van der Waals surface area contributed by atoms with E-state index >= 15 is 0 Å². The Balaban J connectivity index is 1.38. The molecule has 0 spiro atoms. The van der Waals surface area contributed by atoms with Gasteiger partial charge in [0, 0.05) is 17.1 Å². The van der Waals surface area contributed by atoms with Crippen molar-refractivity contribution < 1.29 is 9.53 Å². The quantitative estimate of drug-likeness (QED) is 0.521. The number of hydrogen-bond donors (Lipinski definition) is 1. The second-order valence-corrected chi connectivity index (χ2v) is 6.52. The molecule has 1 heterocycles. The van der Waals surface area contributed by atoms with E-state index in [2.05, 4.69) is 10.3 Å². The summed E-state index contributed by atoms with van der Waals surface area (Å²) in [5.74, 6) is 0.631. The number of hydrogen-bond acceptors (Lipinski definition) is 3. The van der Waals surface area contributed by atoms with E-state index in [4.69, 9.17) is 4.74 Å². The molecule has 0 atom stereocenters. The Bertz CT molecular complexity index is 1090. The minimum atomic E-state index is -0.0560. The monoisotopic (exact) mass is 368 g/mol. The minimum Gasteiger partial charge on any atom is -0.487 e. The number of nitrogens with one attached hydrogen (secondary N) is 1. The first-order valence-corrected chi connectivity index (χ1v) is 9.17. The van der Waals surface area contributed by atoms with Gasteiger partial charge in [0.05, 0.1) is 17.6 Å². The van der Waals surface area contributed by atoms with Crippen LogP contribution in [0, 0.1) is 0 Å². The van der Waals surface area contributed by atoms with E-state index in [1.54, 1.807) is 0 Å². The van der Waals surface area contributed by atoms with Crippen LogP contribution in [-0.2, 0) is 17.8 Å². The summed E-state index contributed by atoms with van der Waals surface area (Å²) < 4.78 is 5.87. The number of amides is 1. The van der Waals surface area contributed by atoms with Crippen molar-refractivity contribution in [2.75, 3.05) is 5.32 Å². The lowest BCUT2D eigenvalue weighted by molar-refractivity contribution is -0.115. The van der Waals surface area contributed by atoms with E-state index in [1.165, 1.54) is 0 Å². The van der Waals surface area contributed by atoms with Crippen LogP contribution >= 0.6 is 0 Å². The topological polar surface area (TPSA) is 51.2 Å². The molecule has 0 fully saturated rings. The number of carbonyl (C=O) groups excluding carboxylic acids is 1. The fourth-order valence-electron chi connectivity index (χ4n) is 3.00. The number of rotatable bonds is 6. The normalized spacial score (nSPS) is 10.6. The number of anilines is 1. The number of benzene rings is 3. The molecule has 4 rings (SSSR count). The van der Waals surface area contributed by atoms with Gasteiger partial charge in [-0.05, 0) is 29.8 Å². The Morgan fingerprint density at radius 1 is 0.857 bits per heavy atom. The Kier molecular flexibility index (Phi) is 5.29. The number of aromatic nitrogens is 1. The highest BCUT2D eigenvalue weighted by molar-refractivity contribution is 5.92. The number of pyridine rings is 1. The number of nitrogens with zero attached hydrogens (tertiary/aromatic N) is 1. The van der Waals surface area contributed by atoms with Crippen LogP contribution < -0.4 is 10.1 Å². The van der Waals surface area contributed by atoms with Crippen LogP contribution in [0.3, 0.4) is 0 Å². The Morgan fingerprint density at radius 3 is 2.57 bits per heavy atom. The molecule has 4 heteroatoms. The highest BCUT2D eigenvalue weighted by atomic mass is 16.5. The first-order valence-electron chi connectivity index (χ1n) is 9.17. The molecule has 3 aromatic carbocycles. The molecular weight excluding hydrogens is 348 g/mol. The summed E-state index contributed by atoms with van der Waals surface area (Å²) in [4.78, 5) is 16.8.